The topological polar surface area (TPSA) is 86.9 Å². The van der Waals surface area contributed by atoms with Crippen molar-refractivity contribution in [1.82, 2.24) is 5.32 Å². The van der Waals surface area contributed by atoms with Crippen molar-refractivity contribution in [3.8, 4) is 11.5 Å². The minimum atomic E-state index is 0.0766. The summed E-state index contributed by atoms with van der Waals surface area (Å²) in [6.07, 6.45) is 14.0. The highest BCUT2D eigenvalue weighted by atomic mass is 16.5. The summed E-state index contributed by atoms with van der Waals surface area (Å²) in [7, 11) is 1.97. The lowest BCUT2D eigenvalue weighted by Gasteiger charge is -2.19. The molecule has 4 N–H and O–H groups in total. The number of unbranched alkanes of at least 4 members (excludes halogenated alkanes) is 1. The number of aromatic hydroxyl groups is 1. The van der Waals surface area contributed by atoms with Gasteiger partial charge in [-0.15, -0.1) is 16.6 Å². The van der Waals surface area contributed by atoms with Crippen LogP contribution in [0.4, 0.5) is 0 Å². The fraction of sp³-hybridized carbons (Fsp3) is 0.536. The van der Waals surface area contributed by atoms with Crippen LogP contribution in [0.25, 0.3) is 0 Å². The highest BCUT2D eigenvalue weighted by molar-refractivity contribution is 5.82. The average molecular weight is 470 g/mol. The summed E-state index contributed by atoms with van der Waals surface area (Å²) in [5.74, 6) is 2.40. The van der Waals surface area contributed by atoms with Crippen molar-refractivity contribution in [2.45, 2.75) is 64.9 Å². The summed E-state index contributed by atoms with van der Waals surface area (Å²) in [6.45, 7) is 5.93. The van der Waals surface area contributed by atoms with E-state index in [4.69, 9.17) is 9.47 Å². The Hall–Kier alpha value is -2.41. The van der Waals surface area contributed by atoms with Crippen molar-refractivity contribution in [3.63, 3.8) is 0 Å². The fourth-order valence-corrected chi connectivity index (χ4v) is 4.29. The van der Waals surface area contributed by atoms with Gasteiger partial charge in [0.2, 0.25) is 0 Å². The number of hydrogen-bond acceptors (Lipinski definition) is 5. The molecule has 0 radical (unpaired) electrons. The average Bonchev–Trinajstić information content (AvgIpc) is 3.48. The van der Waals surface area contributed by atoms with Crippen molar-refractivity contribution < 1.29 is 19.7 Å². The Morgan fingerprint density at radius 1 is 1.32 bits per heavy atom. The predicted molar refractivity (Wildman–Crippen MR) is 138 cm³/mol. The molecule has 1 aromatic carbocycles. The van der Waals surface area contributed by atoms with E-state index in [2.05, 4.69) is 36.3 Å². The second kappa shape index (κ2) is 13.5. The summed E-state index contributed by atoms with van der Waals surface area (Å²) in [4.78, 5) is 4.53. The summed E-state index contributed by atoms with van der Waals surface area (Å²) >= 11 is 0. The van der Waals surface area contributed by atoms with Gasteiger partial charge in [-0.05, 0) is 63.9 Å². The number of ether oxygens (including phenoxy) is 2. The van der Waals surface area contributed by atoms with Crippen LogP contribution in [0.2, 0.25) is 0 Å². The molecular formula is C28H41N2O4+. The van der Waals surface area contributed by atoms with E-state index in [0.717, 1.165) is 68.0 Å². The summed E-state index contributed by atoms with van der Waals surface area (Å²) in [5.41, 5.74) is 3.14. The number of nitrogens with one attached hydrogen (secondary N) is 1. The maximum atomic E-state index is 10.2. The third kappa shape index (κ3) is 7.55. The van der Waals surface area contributed by atoms with E-state index >= 15 is 0 Å². The first-order chi connectivity index (χ1) is 16.5. The molecule has 2 aliphatic heterocycles. The number of rotatable bonds is 15. The zero-order valence-corrected chi connectivity index (χ0v) is 20.9. The van der Waals surface area contributed by atoms with Crippen molar-refractivity contribution in [3.05, 3.63) is 59.2 Å². The molecular weight excluding hydrogens is 428 g/mol. The molecule has 0 spiro atoms. The van der Waals surface area contributed by atoms with Crippen LogP contribution in [0.5, 0.6) is 11.5 Å². The van der Waals surface area contributed by atoms with Gasteiger partial charge in [0.15, 0.2) is 17.2 Å². The molecule has 0 fully saturated rings. The molecule has 6 nitrogen and oxygen atoms in total. The van der Waals surface area contributed by atoms with Gasteiger partial charge in [-0.3, -0.25) is 0 Å². The molecule has 0 saturated carbocycles. The molecule has 1 unspecified atom stereocenters. The number of aliphatic imine (C=N–C) groups is 1. The Kier molecular flexibility index (Phi) is 10.4. The van der Waals surface area contributed by atoms with E-state index in [1.54, 1.807) is 6.07 Å². The molecule has 3 rings (SSSR count). The number of aliphatic hydroxyl groups excluding tert-OH is 1. The summed E-state index contributed by atoms with van der Waals surface area (Å²) in [5, 5.41) is 23.1. The minimum absolute atomic E-state index is 0.0766. The molecule has 1 aromatic rings. The number of aryl methyl sites for hydroxylation is 1. The van der Waals surface area contributed by atoms with E-state index in [1.807, 2.05) is 25.4 Å². The maximum Gasteiger partial charge on any atom is 0.178 e. The Balaban J connectivity index is 1.46. The number of aliphatic hydroxyl groups is 3. The number of benzene rings is 1. The molecule has 0 saturated heterocycles. The molecule has 0 aliphatic carbocycles. The quantitative estimate of drug-likeness (QED) is 0.262. The van der Waals surface area contributed by atoms with Gasteiger partial charge in [0.1, 0.15) is 30.9 Å². The van der Waals surface area contributed by atoms with Crippen LogP contribution in [-0.4, -0.2) is 54.1 Å². The van der Waals surface area contributed by atoms with Gasteiger partial charge < -0.3 is 25.0 Å². The van der Waals surface area contributed by atoms with Crippen LogP contribution in [0.1, 0.15) is 57.9 Å². The van der Waals surface area contributed by atoms with Crippen LogP contribution in [0.3, 0.4) is 0 Å². The highest BCUT2D eigenvalue weighted by Crippen LogP contribution is 2.32. The van der Waals surface area contributed by atoms with Gasteiger partial charge in [-0.25, -0.2) is 0 Å². The number of hydrogen-bond donors (Lipinski definition) is 3. The van der Waals surface area contributed by atoms with Gasteiger partial charge in [-0.1, -0.05) is 19.4 Å². The number of nitrogens with zero attached hydrogens (tertiary/aromatic N) is 1. The number of phenols is 1. The third-order valence-corrected chi connectivity index (χ3v) is 6.53. The smallest absolute Gasteiger partial charge is 0.178 e. The van der Waals surface area contributed by atoms with Gasteiger partial charge in [0.05, 0.1) is 18.4 Å². The number of phenolic OH excluding ortho intramolecular Hbond substituents is 1. The summed E-state index contributed by atoms with van der Waals surface area (Å²) in [6, 6.07) is 5.54. The minimum Gasteiger partial charge on any atom is -0.504 e. The first-order valence-corrected chi connectivity index (χ1v) is 12.6. The molecule has 186 valence electrons. The van der Waals surface area contributed by atoms with Gasteiger partial charge in [0, 0.05) is 13.0 Å². The Morgan fingerprint density at radius 3 is 2.94 bits per heavy atom. The van der Waals surface area contributed by atoms with Crippen LogP contribution in [-0.2, 0) is 6.42 Å². The first kappa shape index (κ1) is 26.2. The second-order valence-corrected chi connectivity index (χ2v) is 9.24. The zero-order valence-electron chi connectivity index (χ0n) is 20.9. The molecule has 34 heavy (non-hydrogen) atoms. The molecule has 0 bridgehead atoms. The van der Waals surface area contributed by atoms with Crippen LogP contribution >= 0.6 is 0 Å². The van der Waals surface area contributed by atoms with Crippen LogP contribution in [0.15, 0.2) is 46.6 Å². The van der Waals surface area contributed by atoms with Crippen molar-refractivity contribution in [1.29, 1.82) is 0 Å². The van der Waals surface area contributed by atoms with E-state index in [1.165, 1.54) is 5.92 Å². The SMILES string of the molecule is CCCCC1[OH+][C-](CCc2ccc(O)c(OCCC3=C[C+]([C@H](C)CCNC)C=N3)c2)C=C1CO. The third-order valence-electron chi connectivity index (χ3n) is 6.53. The van der Waals surface area contributed by atoms with Crippen molar-refractivity contribution in [2.24, 2.45) is 10.9 Å². The molecule has 0 aromatic heterocycles. The van der Waals surface area contributed by atoms with E-state index < -0.39 is 0 Å². The Labute approximate surface area is 204 Å². The zero-order chi connectivity index (χ0) is 24.3. The molecule has 6 heteroatoms. The van der Waals surface area contributed by atoms with Gasteiger partial charge in [-0.2, -0.15) is 0 Å². The van der Waals surface area contributed by atoms with E-state index in [-0.39, 0.29) is 18.5 Å². The maximum absolute atomic E-state index is 10.2. The molecule has 2 atom stereocenters. The molecule has 0 amide bonds. The largest absolute Gasteiger partial charge is 0.504 e. The van der Waals surface area contributed by atoms with Gasteiger partial charge in [0.25, 0.3) is 0 Å². The van der Waals surface area contributed by atoms with Crippen molar-refractivity contribution in [2.75, 3.05) is 26.8 Å². The van der Waals surface area contributed by atoms with E-state index in [0.29, 0.717) is 24.7 Å². The predicted octanol–water partition coefficient (Wildman–Crippen LogP) is 4.43. The lowest BCUT2D eigenvalue weighted by molar-refractivity contribution is -0.0550. The molecule has 2 aliphatic rings. The lowest BCUT2D eigenvalue weighted by Crippen LogP contribution is -2.17. The molecule has 2 heterocycles. The lowest BCUT2D eigenvalue weighted by atomic mass is 9.92. The summed E-state index contributed by atoms with van der Waals surface area (Å²) < 4.78 is 10.7. The Morgan fingerprint density at radius 2 is 2.18 bits per heavy atom. The highest BCUT2D eigenvalue weighted by Gasteiger charge is 2.27. The van der Waals surface area contributed by atoms with E-state index in [9.17, 15) is 10.2 Å². The van der Waals surface area contributed by atoms with Crippen LogP contribution in [0, 0.1) is 17.9 Å². The monoisotopic (exact) mass is 469 g/mol. The Bertz CT molecular complexity index is 864. The van der Waals surface area contributed by atoms with Crippen molar-refractivity contribution >= 4 is 6.21 Å². The fourth-order valence-electron chi connectivity index (χ4n) is 4.29. The van der Waals surface area contributed by atoms with Gasteiger partial charge >= 0.3 is 0 Å². The number of allylic oxidation sites excluding steroid dienone is 1. The standard InChI is InChI=1S/C28H40N2O4/c1-4-5-6-27-23(19-31)17-25(34-27)9-7-21-8-10-26(32)28(15-21)33-14-12-24-16-22(18-30-24)20(2)11-13-29-3/h8,10,15-18,20,27,29,31,34H,4-7,9,11-14,19H2,1-3H3/p+1/t20-,27?/m1/s1. The van der Waals surface area contributed by atoms with Crippen LogP contribution < -0.4 is 10.1 Å². The first-order valence-electron chi connectivity index (χ1n) is 12.6. The second-order valence-electron chi connectivity index (χ2n) is 9.24. The normalized spacial score (nSPS) is 18.4.